The zero-order valence-corrected chi connectivity index (χ0v) is 49.6. The minimum absolute atomic E-state index is 0.0192. The molecule has 0 aromatic carbocycles. The van der Waals surface area contributed by atoms with Crippen LogP contribution >= 0.6 is 0 Å². The first kappa shape index (κ1) is 71.6. The Morgan fingerprint density at radius 1 is 0.370 bits per heavy atom. The fourth-order valence-electron chi connectivity index (χ4n) is 10.7. The number of carbonyl (C=O) groups is 2. The number of esters is 1. The van der Waals surface area contributed by atoms with E-state index in [9.17, 15) is 19.8 Å². The second kappa shape index (κ2) is 63.1. The molecule has 73 heavy (non-hydrogen) atoms. The van der Waals surface area contributed by atoms with Crippen LogP contribution < -0.4 is 5.32 Å². The normalized spacial score (nSPS) is 12.5. The number of hydrogen-bond acceptors (Lipinski definition) is 5. The van der Waals surface area contributed by atoms with Crippen LogP contribution in [-0.4, -0.2) is 47.4 Å². The van der Waals surface area contributed by atoms with Gasteiger partial charge in [-0.2, -0.15) is 0 Å². The highest BCUT2D eigenvalue weighted by Crippen LogP contribution is 2.19. The topological polar surface area (TPSA) is 95.9 Å². The van der Waals surface area contributed by atoms with Gasteiger partial charge in [-0.25, -0.2) is 0 Å². The highest BCUT2D eigenvalue weighted by molar-refractivity contribution is 5.76. The fourth-order valence-corrected chi connectivity index (χ4v) is 10.7. The van der Waals surface area contributed by atoms with Crippen LogP contribution in [0.5, 0.6) is 0 Å². The number of amides is 1. The van der Waals surface area contributed by atoms with Gasteiger partial charge >= 0.3 is 5.97 Å². The summed E-state index contributed by atoms with van der Waals surface area (Å²) in [6.45, 7) is 4.94. The first-order valence-electron chi connectivity index (χ1n) is 33.5. The minimum Gasteiger partial charge on any atom is -0.466 e. The number of carbonyl (C=O) groups excluding carboxylic acids is 2. The molecule has 0 saturated heterocycles. The second-order valence-electron chi connectivity index (χ2n) is 23.2. The van der Waals surface area contributed by atoms with Crippen LogP contribution in [0.25, 0.3) is 0 Å². The number of rotatable bonds is 63. The van der Waals surface area contributed by atoms with Gasteiger partial charge in [-0.1, -0.05) is 347 Å². The van der Waals surface area contributed by atoms with Gasteiger partial charge in [-0.05, 0) is 32.1 Å². The van der Waals surface area contributed by atoms with Gasteiger partial charge in [0.1, 0.15) is 0 Å². The van der Waals surface area contributed by atoms with Gasteiger partial charge in [-0.15, -0.1) is 0 Å². The van der Waals surface area contributed by atoms with E-state index in [1.165, 1.54) is 315 Å². The molecule has 0 aromatic rings. The van der Waals surface area contributed by atoms with E-state index in [1.807, 2.05) is 6.08 Å². The van der Waals surface area contributed by atoms with E-state index in [2.05, 4.69) is 19.2 Å². The van der Waals surface area contributed by atoms with E-state index in [0.29, 0.717) is 19.4 Å². The summed E-state index contributed by atoms with van der Waals surface area (Å²) in [5, 5.41) is 23.2. The number of hydrogen-bond donors (Lipinski definition) is 3. The van der Waals surface area contributed by atoms with E-state index >= 15 is 0 Å². The second-order valence-corrected chi connectivity index (χ2v) is 23.2. The summed E-state index contributed by atoms with van der Waals surface area (Å²) in [4.78, 5) is 24.5. The van der Waals surface area contributed by atoms with E-state index < -0.39 is 12.1 Å². The number of ether oxygens (including phenoxy) is 1. The summed E-state index contributed by atoms with van der Waals surface area (Å²) in [7, 11) is 0. The summed E-state index contributed by atoms with van der Waals surface area (Å²) in [5.41, 5.74) is 0. The Balaban J connectivity index is 3.37. The average Bonchev–Trinajstić information content (AvgIpc) is 3.39. The highest BCUT2D eigenvalue weighted by atomic mass is 16.5. The van der Waals surface area contributed by atoms with Crippen molar-refractivity contribution >= 4 is 11.9 Å². The van der Waals surface area contributed by atoms with Gasteiger partial charge < -0.3 is 20.3 Å². The summed E-state index contributed by atoms with van der Waals surface area (Å²) in [6, 6.07) is -0.625. The first-order chi connectivity index (χ1) is 36.0. The SMILES string of the molecule is CCCCCCCCCCCCCCCCC/C=C/C(O)C(CO)NC(=O)CCCCCCCCCCCCCCCCCCCCCCCCCCCCOC(=O)CCCCCCCCCCCCCCC. The van der Waals surface area contributed by atoms with Crippen molar-refractivity contribution in [2.45, 2.75) is 392 Å². The maximum Gasteiger partial charge on any atom is 0.305 e. The Hall–Kier alpha value is -1.40. The Morgan fingerprint density at radius 3 is 0.932 bits per heavy atom. The van der Waals surface area contributed by atoms with Gasteiger partial charge in [0, 0.05) is 12.8 Å². The smallest absolute Gasteiger partial charge is 0.305 e. The van der Waals surface area contributed by atoms with Crippen LogP contribution in [0, 0.1) is 0 Å². The van der Waals surface area contributed by atoms with Crippen LogP contribution in [0.1, 0.15) is 380 Å². The standard InChI is InChI=1S/C67H131NO5/c1-3-5-7-9-11-13-15-17-18-29-32-36-39-43-47-51-55-59-65(70)64(63-69)68-66(71)60-56-52-48-44-40-37-33-30-27-25-23-21-19-20-22-24-26-28-31-34-38-42-46-50-54-58-62-73-67(72)61-57-53-49-45-41-35-16-14-12-10-8-6-4-2/h55,59,64-65,69-70H,3-54,56-58,60-63H2,1-2H3,(H,68,71)/b59-55+. The molecule has 0 aliphatic heterocycles. The average molecular weight is 1030 g/mol. The van der Waals surface area contributed by atoms with Crippen molar-refractivity contribution in [1.82, 2.24) is 5.32 Å². The number of aliphatic hydroxyl groups is 2. The van der Waals surface area contributed by atoms with Crippen LogP contribution in [0.2, 0.25) is 0 Å². The lowest BCUT2D eigenvalue weighted by Crippen LogP contribution is -2.45. The lowest BCUT2D eigenvalue weighted by atomic mass is 10.0. The van der Waals surface area contributed by atoms with E-state index in [4.69, 9.17) is 4.74 Å². The van der Waals surface area contributed by atoms with Crippen molar-refractivity contribution in [2.75, 3.05) is 13.2 Å². The predicted octanol–water partition coefficient (Wildman–Crippen LogP) is 21.2. The van der Waals surface area contributed by atoms with Gasteiger partial charge in [0.15, 0.2) is 0 Å². The quantitative estimate of drug-likeness (QED) is 0.0320. The lowest BCUT2D eigenvalue weighted by Gasteiger charge is -2.20. The largest absolute Gasteiger partial charge is 0.466 e. The third-order valence-electron chi connectivity index (χ3n) is 15.8. The van der Waals surface area contributed by atoms with Gasteiger partial charge in [0.2, 0.25) is 5.91 Å². The molecule has 434 valence electrons. The Bertz CT molecular complexity index is 1100. The van der Waals surface area contributed by atoms with Crippen LogP contribution in [0.15, 0.2) is 12.2 Å². The van der Waals surface area contributed by atoms with Crippen LogP contribution in [-0.2, 0) is 14.3 Å². The highest BCUT2D eigenvalue weighted by Gasteiger charge is 2.18. The van der Waals surface area contributed by atoms with Gasteiger partial charge in [0.05, 0.1) is 25.4 Å². The Kier molecular flexibility index (Phi) is 61.9. The number of allylic oxidation sites excluding steroid dienone is 1. The van der Waals surface area contributed by atoms with E-state index in [-0.39, 0.29) is 18.5 Å². The molecule has 0 saturated carbocycles. The fraction of sp³-hybridized carbons (Fsp3) is 0.940. The van der Waals surface area contributed by atoms with Crippen molar-refractivity contribution in [2.24, 2.45) is 0 Å². The molecule has 0 radical (unpaired) electrons. The molecule has 1 amide bonds. The Morgan fingerprint density at radius 2 is 0.630 bits per heavy atom. The van der Waals surface area contributed by atoms with Gasteiger partial charge in [-0.3, -0.25) is 9.59 Å². The maximum absolute atomic E-state index is 12.5. The number of nitrogens with one attached hydrogen (secondary N) is 1. The number of aliphatic hydroxyl groups excluding tert-OH is 2. The predicted molar refractivity (Wildman–Crippen MR) is 320 cm³/mol. The van der Waals surface area contributed by atoms with Gasteiger partial charge in [0.25, 0.3) is 0 Å². The molecule has 0 aliphatic carbocycles. The molecule has 6 heteroatoms. The zero-order chi connectivity index (χ0) is 52.9. The van der Waals surface area contributed by atoms with E-state index in [0.717, 1.165) is 38.5 Å². The molecule has 2 unspecified atom stereocenters. The van der Waals surface area contributed by atoms with Crippen LogP contribution in [0.3, 0.4) is 0 Å². The van der Waals surface area contributed by atoms with E-state index in [1.54, 1.807) is 6.08 Å². The van der Waals surface area contributed by atoms with Crippen molar-refractivity contribution < 1.29 is 24.5 Å². The Labute approximate surface area is 457 Å². The molecular formula is C67H131NO5. The first-order valence-corrected chi connectivity index (χ1v) is 33.5. The molecule has 3 N–H and O–H groups in total. The zero-order valence-electron chi connectivity index (χ0n) is 49.6. The molecule has 0 aromatic heterocycles. The molecule has 0 spiro atoms. The summed E-state index contributed by atoms with van der Waals surface area (Å²) in [6.07, 6.45) is 77.0. The van der Waals surface area contributed by atoms with Crippen molar-refractivity contribution in [3.05, 3.63) is 12.2 Å². The van der Waals surface area contributed by atoms with Crippen molar-refractivity contribution in [3.63, 3.8) is 0 Å². The van der Waals surface area contributed by atoms with Crippen molar-refractivity contribution in [3.8, 4) is 0 Å². The summed E-state index contributed by atoms with van der Waals surface area (Å²) in [5.74, 6) is -0.0432. The summed E-state index contributed by atoms with van der Waals surface area (Å²) < 4.78 is 5.49. The molecule has 0 bridgehead atoms. The number of unbranched alkanes of at least 4 members (excludes halogenated alkanes) is 52. The third kappa shape index (κ3) is 59.7. The molecule has 0 aliphatic rings. The minimum atomic E-state index is -0.842. The molecule has 6 nitrogen and oxygen atoms in total. The summed E-state index contributed by atoms with van der Waals surface area (Å²) >= 11 is 0. The molecule has 0 heterocycles. The molecule has 2 atom stereocenters. The van der Waals surface area contributed by atoms with Crippen LogP contribution in [0.4, 0.5) is 0 Å². The lowest BCUT2D eigenvalue weighted by molar-refractivity contribution is -0.143. The van der Waals surface area contributed by atoms with Crippen molar-refractivity contribution in [1.29, 1.82) is 0 Å². The maximum atomic E-state index is 12.5. The monoisotopic (exact) mass is 1030 g/mol. The molecule has 0 fully saturated rings. The third-order valence-corrected chi connectivity index (χ3v) is 15.8. The molecule has 0 rings (SSSR count). The molecular weight excluding hydrogens is 899 g/mol.